The molecule has 214 valence electrons. The number of likely N-dealkylation sites (tertiary alicyclic amines) is 1. The zero-order valence-corrected chi connectivity index (χ0v) is 23.4. The molecule has 7 atom stereocenters. The highest BCUT2D eigenvalue weighted by Crippen LogP contribution is 2.65. The fourth-order valence-corrected chi connectivity index (χ4v) is 5.70. The first kappa shape index (κ1) is 30.0. The summed E-state index contributed by atoms with van der Waals surface area (Å²) in [6.45, 7) is 10.7. The van der Waals surface area contributed by atoms with Crippen LogP contribution in [0.1, 0.15) is 54.4 Å². The molecule has 1 aliphatic carbocycles. The topological polar surface area (TPSA) is 128 Å². The molecule has 3 aliphatic rings. The summed E-state index contributed by atoms with van der Waals surface area (Å²) >= 11 is 5.39. The van der Waals surface area contributed by atoms with Crippen LogP contribution in [0.25, 0.3) is 0 Å². The predicted molar refractivity (Wildman–Crippen MR) is 135 cm³/mol. The van der Waals surface area contributed by atoms with Gasteiger partial charge >= 0.3 is 0 Å². The van der Waals surface area contributed by atoms with Gasteiger partial charge in [0.05, 0.1) is 12.5 Å². The number of amides is 5. The molecular weight excluding hydrogens is 524 g/mol. The molecule has 0 aromatic heterocycles. The van der Waals surface area contributed by atoms with Gasteiger partial charge in [0.2, 0.25) is 11.8 Å². The van der Waals surface area contributed by atoms with E-state index in [0.717, 1.165) is 6.92 Å². The van der Waals surface area contributed by atoms with Crippen LogP contribution >= 0.6 is 11.6 Å². The van der Waals surface area contributed by atoms with Crippen LogP contribution in [-0.2, 0) is 24.0 Å². The van der Waals surface area contributed by atoms with Gasteiger partial charge in [-0.25, -0.2) is 13.8 Å². The van der Waals surface area contributed by atoms with Crippen molar-refractivity contribution >= 4 is 41.1 Å². The minimum atomic E-state index is -2.45. The molecule has 3 N–H and O–H groups in total. The maximum Gasteiger partial charge on any atom is 0.291 e. The maximum absolute atomic E-state index is 13.8. The first-order chi connectivity index (χ1) is 17.5. The molecule has 2 saturated heterocycles. The van der Waals surface area contributed by atoms with E-state index in [1.54, 1.807) is 13.8 Å². The third-order valence-corrected chi connectivity index (χ3v) is 8.80. The van der Waals surface area contributed by atoms with E-state index in [4.69, 9.17) is 11.6 Å². The molecule has 0 spiro atoms. The second-order valence-corrected chi connectivity index (χ2v) is 12.2. The van der Waals surface area contributed by atoms with Crippen molar-refractivity contribution in [2.45, 2.75) is 78.3 Å². The molecular formula is C25H38ClF2N5O5. The van der Waals surface area contributed by atoms with Gasteiger partial charge < -0.3 is 15.5 Å². The number of nitrogens with zero attached hydrogens (tertiary/aromatic N) is 2. The molecule has 38 heavy (non-hydrogen) atoms. The fraction of sp³-hybridized carbons (Fsp3) is 0.800. The zero-order valence-electron chi connectivity index (χ0n) is 22.6. The van der Waals surface area contributed by atoms with Crippen molar-refractivity contribution < 1.29 is 32.8 Å². The Hall–Kier alpha value is -2.50. The summed E-state index contributed by atoms with van der Waals surface area (Å²) in [7, 11) is 0. The molecule has 3 rings (SSSR count). The van der Waals surface area contributed by atoms with Gasteiger partial charge in [-0.05, 0) is 42.4 Å². The molecule has 1 saturated carbocycles. The van der Waals surface area contributed by atoms with E-state index in [0.29, 0.717) is 24.4 Å². The van der Waals surface area contributed by atoms with Crippen LogP contribution in [0.2, 0.25) is 0 Å². The number of hydrogen-bond acceptors (Lipinski definition) is 5. The summed E-state index contributed by atoms with van der Waals surface area (Å²) < 4.78 is 27.5. The van der Waals surface area contributed by atoms with Gasteiger partial charge in [0, 0.05) is 13.1 Å². The minimum absolute atomic E-state index is 0.0184. The normalized spacial score (nSPS) is 28.0. The highest BCUT2D eigenvalue weighted by atomic mass is 35.5. The number of alkyl halides is 3. The maximum atomic E-state index is 13.8. The molecule has 0 aromatic carbocycles. The Morgan fingerprint density at radius 2 is 1.89 bits per heavy atom. The lowest BCUT2D eigenvalue weighted by Gasteiger charge is -2.39. The number of hydrogen-bond donors (Lipinski definition) is 3. The van der Waals surface area contributed by atoms with E-state index in [1.165, 1.54) is 4.90 Å². The van der Waals surface area contributed by atoms with E-state index in [-0.39, 0.29) is 36.2 Å². The van der Waals surface area contributed by atoms with Crippen molar-refractivity contribution in [3.8, 4) is 0 Å². The average Bonchev–Trinajstić information content (AvgIpc) is 3.20. The van der Waals surface area contributed by atoms with Gasteiger partial charge in [-0.15, -0.1) is 0 Å². The first-order valence-corrected chi connectivity index (χ1v) is 13.4. The van der Waals surface area contributed by atoms with Gasteiger partial charge in [0.1, 0.15) is 12.1 Å². The van der Waals surface area contributed by atoms with Crippen molar-refractivity contribution in [1.29, 1.82) is 0 Å². The van der Waals surface area contributed by atoms with E-state index < -0.39 is 58.8 Å². The van der Waals surface area contributed by atoms with Crippen LogP contribution in [0.3, 0.4) is 0 Å². The molecule has 0 radical (unpaired) electrons. The summed E-state index contributed by atoms with van der Waals surface area (Å²) in [6, 6.07) is -2.13. The quantitative estimate of drug-likeness (QED) is 0.289. The molecule has 3 fully saturated rings. The smallest absolute Gasteiger partial charge is 0.291 e. The molecule has 5 amide bonds. The summed E-state index contributed by atoms with van der Waals surface area (Å²) in [5, 5.41) is 5.84. The van der Waals surface area contributed by atoms with E-state index >= 15 is 0 Å². The molecule has 13 heteroatoms. The van der Waals surface area contributed by atoms with Crippen molar-refractivity contribution in [3.63, 3.8) is 0 Å². The average molecular weight is 562 g/mol. The summed E-state index contributed by atoms with van der Waals surface area (Å²) in [5.74, 6) is -4.68. The molecule has 0 bridgehead atoms. The number of rotatable bonds is 9. The molecule has 2 aliphatic heterocycles. The highest BCUT2D eigenvalue weighted by Gasteiger charge is 2.70. The number of halogens is 3. The Balaban J connectivity index is 1.88. The summed E-state index contributed by atoms with van der Waals surface area (Å²) in [5.41, 5.74) is -1.07. The van der Waals surface area contributed by atoms with Gasteiger partial charge in [-0.2, -0.15) is 0 Å². The number of carbonyl (C=O) groups is 5. The van der Waals surface area contributed by atoms with Crippen LogP contribution < -0.4 is 16.1 Å². The standard InChI is InChI=1S/C25H38ClF2N5O5/c1-7-24(3,4)17(30-19(34)12(2)27)22(37)32-11-14-15(25(14,5)6)16(32)21(36)31-33(23(38)18(26)28)10-13-8-9-29-20(13)35/h12-18H,7-11H2,1-6H3,(H,29,35)(H,30,34)(H,31,36)/t12?,13-,14-,15-,16-,17+,18+/m0/s1. The van der Waals surface area contributed by atoms with Gasteiger partial charge in [-0.3, -0.25) is 29.4 Å². The van der Waals surface area contributed by atoms with Crippen molar-refractivity contribution in [2.24, 2.45) is 28.6 Å². The second-order valence-electron chi connectivity index (χ2n) is 11.8. The second kappa shape index (κ2) is 10.9. The lowest BCUT2D eigenvalue weighted by atomic mass is 9.80. The molecule has 10 nitrogen and oxygen atoms in total. The van der Waals surface area contributed by atoms with Crippen LogP contribution in [-0.4, -0.2) is 83.0 Å². The van der Waals surface area contributed by atoms with Gasteiger partial charge in [0.15, 0.2) is 6.17 Å². The third kappa shape index (κ3) is 5.74. The molecule has 1 unspecified atom stereocenters. The number of nitrogens with one attached hydrogen (secondary N) is 3. The molecule has 2 heterocycles. The van der Waals surface area contributed by atoms with E-state index in [9.17, 15) is 32.8 Å². The largest absolute Gasteiger partial charge is 0.356 e. The van der Waals surface area contributed by atoms with Gasteiger partial charge in [0.25, 0.3) is 23.4 Å². The van der Waals surface area contributed by atoms with Crippen molar-refractivity contribution in [3.05, 3.63) is 0 Å². The van der Waals surface area contributed by atoms with Crippen molar-refractivity contribution in [2.75, 3.05) is 19.6 Å². The number of piperidine rings is 1. The summed E-state index contributed by atoms with van der Waals surface area (Å²) in [6.07, 6.45) is -0.962. The highest BCUT2D eigenvalue weighted by molar-refractivity contribution is 6.29. The summed E-state index contributed by atoms with van der Waals surface area (Å²) in [4.78, 5) is 65.6. The third-order valence-electron chi connectivity index (χ3n) is 8.61. The predicted octanol–water partition coefficient (Wildman–Crippen LogP) is 1.28. The Morgan fingerprint density at radius 1 is 1.26 bits per heavy atom. The lowest BCUT2D eigenvalue weighted by Crippen LogP contribution is -2.62. The lowest BCUT2D eigenvalue weighted by molar-refractivity contribution is -0.151. The van der Waals surface area contributed by atoms with Crippen LogP contribution in [0.4, 0.5) is 8.78 Å². The van der Waals surface area contributed by atoms with Crippen LogP contribution in [0.15, 0.2) is 0 Å². The Morgan fingerprint density at radius 3 is 2.39 bits per heavy atom. The Kier molecular flexibility index (Phi) is 8.65. The number of hydrazine groups is 1. The zero-order chi connectivity index (χ0) is 28.7. The monoisotopic (exact) mass is 561 g/mol. The Bertz CT molecular complexity index is 991. The molecule has 0 aromatic rings. The minimum Gasteiger partial charge on any atom is -0.356 e. The van der Waals surface area contributed by atoms with Crippen LogP contribution in [0, 0.1) is 28.6 Å². The van der Waals surface area contributed by atoms with Crippen molar-refractivity contribution in [1.82, 2.24) is 26.0 Å². The van der Waals surface area contributed by atoms with E-state index in [1.807, 2.05) is 20.8 Å². The number of carbonyl (C=O) groups excluding carboxylic acids is 5. The van der Waals surface area contributed by atoms with Crippen LogP contribution in [0.5, 0.6) is 0 Å². The SMILES string of the molecule is CCC(C)(C)[C@H](NC(=O)C(C)F)C(=O)N1C[C@H]2[C@@H]([C@H]1C(=O)NN(C[C@@H]1CCNC1=O)C(=O)[C@@H](F)Cl)C2(C)C. The van der Waals surface area contributed by atoms with Gasteiger partial charge in [-0.1, -0.05) is 46.2 Å². The Labute approximate surface area is 226 Å². The fourth-order valence-electron chi connectivity index (χ4n) is 5.58. The number of fused-ring (bicyclic) bond motifs is 1. The van der Waals surface area contributed by atoms with E-state index in [2.05, 4.69) is 16.1 Å². The first-order valence-electron chi connectivity index (χ1n) is 13.0.